The van der Waals surface area contributed by atoms with Gasteiger partial charge >= 0.3 is 5.97 Å². The molecule has 1 saturated heterocycles. The number of aliphatic carboxylic acids is 1. The number of methoxy groups -OCH3 is 2. The molecule has 2 N–H and O–H groups in total. The Labute approximate surface area is 362 Å². The number of nitrogens with one attached hydrogen (secondary N) is 1. The fourth-order valence-corrected chi connectivity index (χ4v) is 9.18. The van der Waals surface area contributed by atoms with Gasteiger partial charge in [0.2, 0.25) is 17.7 Å². The first kappa shape index (κ1) is 52.8. The normalized spacial score (nSPS) is 18.4. The lowest BCUT2D eigenvalue weighted by Gasteiger charge is -2.41. The zero-order valence-electron chi connectivity index (χ0n) is 39.3. The number of ether oxygens (including phenoxy) is 2. The number of Topliss-reactive ketones (excluding diaryl/α,β-unsaturated/α-hetero) is 1. The molecule has 0 unspecified atom stereocenters. The maximum absolute atomic E-state index is 14.5. The van der Waals surface area contributed by atoms with E-state index in [-0.39, 0.29) is 72.6 Å². The molecule has 12 heteroatoms. The fourth-order valence-electron chi connectivity index (χ4n) is 9.18. The highest BCUT2D eigenvalue weighted by Crippen LogP contribution is 2.31. The SMILES string of the molecule is CCCCCCCCN(C)[C@H](C(=O)N[C@H](C(=O)N(C)[C@@H]([C@@H](C)CC)[C@@H](CC(=O)N1CCC[C@H]1[C@H](OC)[C@@H](C)C(=O)C[C@@H](Cc1ccccc1)C(=O)O)OC)C(C)C)C(C)C. The third-order valence-electron chi connectivity index (χ3n) is 12.9. The number of carboxylic acids is 1. The van der Waals surface area contributed by atoms with Crippen molar-refractivity contribution < 1.29 is 38.6 Å². The molecular weight excluding hydrogens is 761 g/mol. The number of likely N-dealkylation sites (tertiary alicyclic amines) is 1. The fraction of sp³-hybridized carbons (Fsp3) is 0.771. The molecule has 1 fully saturated rings. The van der Waals surface area contributed by atoms with Crippen LogP contribution in [0.4, 0.5) is 0 Å². The largest absolute Gasteiger partial charge is 0.481 e. The van der Waals surface area contributed by atoms with E-state index in [0.29, 0.717) is 13.0 Å². The summed E-state index contributed by atoms with van der Waals surface area (Å²) in [6.07, 6.45) is 7.97. The molecule has 9 atom stereocenters. The Hall–Kier alpha value is -3.35. The van der Waals surface area contributed by atoms with Gasteiger partial charge in [-0.2, -0.15) is 0 Å². The van der Waals surface area contributed by atoms with Gasteiger partial charge in [-0.1, -0.05) is 124 Å². The van der Waals surface area contributed by atoms with Crippen LogP contribution in [-0.4, -0.2) is 127 Å². The molecule has 0 saturated carbocycles. The van der Waals surface area contributed by atoms with Crippen molar-refractivity contribution in [3.8, 4) is 0 Å². The predicted octanol–water partition coefficient (Wildman–Crippen LogP) is 7.27. The Balaban J connectivity index is 2.24. The van der Waals surface area contributed by atoms with Crippen LogP contribution in [0.15, 0.2) is 30.3 Å². The van der Waals surface area contributed by atoms with Crippen LogP contribution in [-0.2, 0) is 39.9 Å². The van der Waals surface area contributed by atoms with Gasteiger partial charge in [-0.25, -0.2) is 0 Å². The number of carboxylic acid groups (broad SMARTS) is 1. The first-order chi connectivity index (χ1) is 28.4. The van der Waals surface area contributed by atoms with Crippen LogP contribution in [0.25, 0.3) is 0 Å². The van der Waals surface area contributed by atoms with Crippen LogP contribution in [0.5, 0.6) is 0 Å². The van der Waals surface area contributed by atoms with Gasteiger partial charge in [0.15, 0.2) is 0 Å². The van der Waals surface area contributed by atoms with Crippen molar-refractivity contribution in [3.63, 3.8) is 0 Å². The molecule has 0 aromatic heterocycles. The van der Waals surface area contributed by atoms with E-state index in [1.165, 1.54) is 32.8 Å². The second-order valence-electron chi connectivity index (χ2n) is 18.2. The van der Waals surface area contributed by atoms with Crippen molar-refractivity contribution in [3.05, 3.63) is 35.9 Å². The molecule has 0 spiro atoms. The highest BCUT2D eigenvalue weighted by Gasteiger charge is 2.43. The number of benzene rings is 1. The minimum atomic E-state index is -1.02. The zero-order valence-corrected chi connectivity index (χ0v) is 39.3. The Morgan fingerprint density at radius 3 is 2.05 bits per heavy atom. The molecule has 342 valence electrons. The van der Waals surface area contributed by atoms with E-state index in [2.05, 4.69) is 24.1 Å². The highest BCUT2D eigenvalue weighted by molar-refractivity contribution is 5.90. The van der Waals surface area contributed by atoms with Crippen molar-refractivity contribution in [1.29, 1.82) is 0 Å². The van der Waals surface area contributed by atoms with E-state index >= 15 is 0 Å². The molecule has 1 aliphatic rings. The van der Waals surface area contributed by atoms with Gasteiger partial charge in [0.25, 0.3) is 0 Å². The van der Waals surface area contributed by atoms with Gasteiger partial charge in [-0.3, -0.25) is 28.9 Å². The average Bonchev–Trinajstić information content (AvgIpc) is 3.70. The van der Waals surface area contributed by atoms with Crippen molar-refractivity contribution in [1.82, 2.24) is 20.0 Å². The maximum atomic E-state index is 14.5. The Morgan fingerprint density at radius 2 is 1.50 bits per heavy atom. The lowest BCUT2D eigenvalue weighted by atomic mass is 9.85. The lowest BCUT2D eigenvalue weighted by molar-refractivity contribution is -0.148. The summed E-state index contributed by atoms with van der Waals surface area (Å²) < 4.78 is 12.0. The topological polar surface area (TPSA) is 146 Å². The summed E-state index contributed by atoms with van der Waals surface area (Å²) in [5.41, 5.74) is 0.850. The molecule has 0 aliphatic carbocycles. The van der Waals surface area contributed by atoms with E-state index in [1.807, 2.05) is 72.0 Å². The molecule has 60 heavy (non-hydrogen) atoms. The van der Waals surface area contributed by atoms with Crippen LogP contribution in [0.2, 0.25) is 0 Å². The van der Waals surface area contributed by atoms with Gasteiger partial charge in [-0.05, 0) is 62.6 Å². The molecule has 0 bridgehead atoms. The van der Waals surface area contributed by atoms with Crippen LogP contribution in [0, 0.1) is 29.6 Å². The van der Waals surface area contributed by atoms with Crippen LogP contribution in [0.1, 0.15) is 132 Å². The number of hydrogen-bond donors (Lipinski definition) is 2. The van der Waals surface area contributed by atoms with Crippen LogP contribution >= 0.6 is 0 Å². The number of carbonyl (C=O) groups is 5. The van der Waals surface area contributed by atoms with Gasteiger partial charge in [0.1, 0.15) is 11.8 Å². The smallest absolute Gasteiger partial charge is 0.307 e. The Morgan fingerprint density at radius 1 is 0.867 bits per heavy atom. The van der Waals surface area contributed by atoms with Gasteiger partial charge in [0, 0.05) is 40.2 Å². The third-order valence-corrected chi connectivity index (χ3v) is 12.9. The molecule has 3 amide bonds. The van der Waals surface area contributed by atoms with Crippen LogP contribution in [0.3, 0.4) is 0 Å². The molecule has 1 aromatic rings. The summed E-state index contributed by atoms with van der Waals surface area (Å²) in [4.78, 5) is 74.3. The molecule has 12 nitrogen and oxygen atoms in total. The highest BCUT2D eigenvalue weighted by atomic mass is 16.5. The maximum Gasteiger partial charge on any atom is 0.307 e. The molecule has 2 rings (SSSR count). The standard InChI is InChI=1S/C48H82N4O8/c1-13-15-16-17-18-22-27-50(9)43(33(5)6)46(55)49-42(32(3)4)47(56)51(10)44(34(7)14-2)40(59-11)31-41(54)52-28-23-26-38(52)45(60-12)35(8)39(53)30-37(48(57)58)29-36-24-20-19-21-25-36/h19-21,24-25,32-35,37-38,40,42-45H,13-18,22-23,26-31H2,1-12H3,(H,49,55)(H,57,58)/t34-,35-,37+,38-,40+,42-,43-,44-,45+/m0/s1. The van der Waals surface area contributed by atoms with E-state index in [1.54, 1.807) is 30.9 Å². The number of amides is 3. The molecule has 1 aliphatic heterocycles. The summed E-state index contributed by atoms with van der Waals surface area (Å²) in [6, 6.07) is 7.27. The summed E-state index contributed by atoms with van der Waals surface area (Å²) in [6.45, 7) is 17.3. The van der Waals surface area contributed by atoms with Crippen LogP contribution < -0.4 is 5.32 Å². The summed E-state index contributed by atoms with van der Waals surface area (Å²) in [5, 5.41) is 13.1. The number of hydrogen-bond acceptors (Lipinski definition) is 8. The average molecular weight is 843 g/mol. The number of unbranched alkanes of at least 4 members (excludes halogenated alkanes) is 5. The van der Waals surface area contributed by atoms with Gasteiger partial charge in [-0.15, -0.1) is 0 Å². The second-order valence-corrected chi connectivity index (χ2v) is 18.2. The Kier molecular flexibility index (Phi) is 23.6. The van der Waals surface area contributed by atoms with Crippen molar-refractivity contribution in [2.75, 3.05) is 41.4 Å². The van der Waals surface area contributed by atoms with E-state index in [4.69, 9.17) is 9.47 Å². The number of likely N-dealkylation sites (N-methyl/N-ethyl adjacent to an activating group) is 2. The van der Waals surface area contributed by atoms with Gasteiger partial charge in [0.05, 0.1) is 42.7 Å². The Bertz CT molecular complexity index is 1460. The molecule has 1 aromatic carbocycles. The number of nitrogens with zero attached hydrogens (tertiary/aromatic N) is 3. The number of ketones is 1. The third kappa shape index (κ3) is 15.5. The number of rotatable bonds is 29. The first-order valence-corrected chi connectivity index (χ1v) is 22.9. The number of carbonyl (C=O) groups excluding carboxylic acids is 4. The first-order valence-electron chi connectivity index (χ1n) is 22.9. The van der Waals surface area contributed by atoms with Crippen molar-refractivity contribution in [2.24, 2.45) is 29.6 Å². The lowest BCUT2D eigenvalue weighted by Crippen LogP contribution is -2.60. The summed E-state index contributed by atoms with van der Waals surface area (Å²) >= 11 is 0. The minimum absolute atomic E-state index is 0.00786. The monoisotopic (exact) mass is 843 g/mol. The molecule has 1 heterocycles. The summed E-state index contributed by atoms with van der Waals surface area (Å²) in [5.74, 6) is -3.49. The predicted molar refractivity (Wildman–Crippen MR) is 238 cm³/mol. The molecular formula is C48H82N4O8. The van der Waals surface area contributed by atoms with Crippen molar-refractivity contribution >= 4 is 29.5 Å². The quantitative estimate of drug-likeness (QED) is 0.0796. The zero-order chi connectivity index (χ0) is 45.1. The molecule has 0 radical (unpaired) electrons. The van der Waals surface area contributed by atoms with Gasteiger partial charge < -0.3 is 29.7 Å². The van der Waals surface area contributed by atoms with E-state index in [9.17, 15) is 29.1 Å². The van der Waals surface area contributed by atoms with E-state index in [0.717, 1.165) is 37.8 Å². The summed E-state index contributed by atoms with van der Waals surface area (Å²) in [7, 11) is 6.84. The minimum Gasteiger partial charge on any atom is -0.481 e. The van der Waals surface area contributed by atoms with Crippen molar-refractivity contribution in [2.45, 2.75) is 169 Å². The second kappa shape index (κ2) is 26.9. The van der Waals surface area contributed by atoms with E-state index < -0.39 is 42.1 Å².